The maximum atomic E-state index is 12.1. The first-order valence-corrected chi connectivity index (χ1v) is 6.65. The number of nitrogens with one attached hydrogen (secondary N) is 1. The number of carbonyl (C=O) groups excluding carboxylic acids is 1. The standard InChI is InChI=1S/C13H18BrNO3/c1-9(14)7-8-15-13(16)12-10(17-2)5-4-6-11(12)18-3/h4-6,9H,7-8H2,1-3H3,(H,15,16). The normalized spacial score (nSPS) is 11.8. The first kappa shape index (κ1) is 14.8. The Balaban J connectivity index is 2.83. The second-order valence-corrected chi connectivity index (χ2v) is 5.43. The maximum Gasteiger partial charge on any atom is 0.258 e. The summed E-state index contributed by atoms with van der Waals surface area (Å²) in [4.78, 5) is 12.5. The third-order valence-corrected chi connectivity index (χ3v) is 2.94. The first-order valence-electron chi connectivity index (χ1n) is 5.73. The zero-order valence-corrected chi connectivity index (χ0v) is 12.4. The van der Waals surface area contributed by atoms with Gasteiger partial charge in [0.15, 0.2) is 0 Å². The van der Waals surface area contributed by atoms with Crippen LogP contribution in [0.5, 0.6) is 11.5 Å². The van der Waals surface area contributed by atoms with Crippen LogP contribution in [0.3, 0.4) is 0 Å². The van der Waals surface area contributed by atoms with Gasteiger partial charge in [-0.3, -0.25) is 4.79 Å². The molecule has 1 N–H and O–H groups in total. The van der Waals surface area contributed by atoms with E-state index >= 15 is 0 Å². The highest BCUT2D eigenvalue weighted by Crippen LogP contribution is 2.27. The van der Waals surface area contributed by atoms with Gasteiger partial charge in [-0.2, -0.15) is 0 Å². The van der Waals surface area contributed by atoms with Gasteiger partial charge in [-0.1, -0.05) is 28.9 Å². The van der Waals surface area contributed by atoms with E-state index < -0.39 is 0 Å². The quantitative estimate of drug-likeness (QED) is 0.821. The molecule has 0 saturated heterocycles. The fraction of sp³-hybridized carbons (Fsp3) is 0.462. The molecule has 0 radical (unpaired) electrons. The lowest BCUT2D eigenvalue weighted by Gasteiger charge is -2.13. The van der Waals surface area contributed by atoms with Crippen molar-refractivity contribution in [2.75, 3.05) is 20.8 Å². The van der Waals surface area contributed by atoms with E-state index in [-0.39, 0.29) is 5.91 Å². The van der Waals surface area contributed by atoms with Crippen molar-refractivity contribution in [1.82, 2.24) is 5.32 Å². The lowest BCUT2D eigenvalue weighted by Crippen LogP contribution is -2.26. The average molecular weight is 316 g/mol. The average Bonchev–Trinajstić information content (AvgIpc) is 2.36. The van der Waals surface area contributed by atoms with Gasteiger partial charge < -0.3 is 14.8 Å². The Morgan fingerprint density at radius 2 is 1.89 bits per heavy atom. The minimum Gasteiger partial charge on any atom is -0.496 e. The molecular formula is C13H18BrNO3. The van der Waals surface area contributed by atoms with Crippen molar-refractivity contribution in [1.29, 1.82) is 0 Å². The van der Waals surface area contributed by atoms with E-state index in [0.717, 1.165) is 6.42 Å². The van der Waals surface area contributed by atoms with E-state index in [9.17, 15) is 4.79 Å². The van der Waals surface area contributed by atoms with E-state index in [1.807, 2.05) is 6.92 Å². The molecule has 100 valence electrons. The zero-order valence-electron chi connectivity index (χ0n) is 10.8. The van der Waals surface area contributed by atoms with Crippen molar-refractivity contribution >= 4 is 21.8 Å². The van der Waals surface area contributed by atoms with Gasteiger partial charge in [0, 0.05) is 11.4 Å². The molecule has 18 heavy (non-hydrogen) atoms. The molecule has 0 saturated carbocycles. The van der Waals surface area contributed by atoms with Crippen molar-refractivity contribution in [2.45, 2.75) is 18.2 Å². The molecule has 0 fully saturated rings. The summed E-state index contributed by atoms with van der Waals surface area (Å²) in [5.41, 5.74) is 0.435. The molecular weight excluding hydrogens is 298 g/mol. The molecule has 1 aromatic rings. The van der Waals surface area contributed by atoms with E-state index in [1.54, 1.807) is 18.2 Å². The van der Waals surface area contributed by atoms with E-state index in [0.29, 0.717) is 28.4 Å². The van der Waals surface area contributed by atoms with Gasteiger partial charge in [0.05, 0.1) is 14.2 Å². The van der Waals surface area contributed by atoms with E-state index in [4.69, 9.17) is 9.47 Å². The number of alkyl halides is 1. The van der Waals surface area contributed by atoms with Crippen molar-refractivity contribution in [3.63, 3.8) is 0 Å². The number of ether oxygens (including phenoxy) is 2. The minimum atomic E-state index is -0.183. The fourth-order valence-corrected chi connectivity index (χ4v) is 1.78. The largest absolute Gasteiger partial charge is 0.496 e. The third-order valence-electron chi connectivity index (χ3n) is 2.48. The Morgan fingerprint density at radius 3 is 2.33 bits per heavy atom. The Bertz CT molecular complexity index is 385. The summed E-state index contributed by atoms with van der Waals surface area (Å²) < 4.78 is 10.4. The van der Waals surface area contributed by atoms with Crippen molar-refractivity contribution in [3.8, 4) is 11.5 Å². The highest BCUT2D eigenvalue weighted by Gasteiger charge is 2.17. The number of halogens is 1. The SMILES string of the molecule is COc1cccc(OC)c1C(=O)NCCC(C)Br. The Hall–Kier alpha value is -1.23. The van der Waals surface area contributed by atoms with Gasteiger partial charge >= 0.3 is 0 Å². The van der Waals surface area contributed by atoms with Crippen LogP contribution in [0.4, 0.5) is 0 Å². The van der Waals surface area contributed by atoms with Gasteiger partial charge in [0.2, 0.25) is 0 Å². The van der Waals surface area contributed by atoms with Crippen LogP contribution in [-0.2, 0) is 0 Å². The second-order valence-electron chi connectivity index (χ2n) is 3.86. The molecule has 0 aliphatic heterocycles. The molecule has 1 unspecified atom stereocenters. The molecule has 0 aliphatic rings. The summed E-state index contributed by atoms with van der Waals surface area (Å²) in [6.45, 7) is 2.64. The van der Waals surface area contributed by atoms with Gasteiger partial charge in [-0.05, 0) is 18.6 Å². The summed E-state index contributed by atoms with van der Waals surface area (Å²) in [6, 6.07) is 5.27. The highest BCUT2D eigenvalue weighted by atomic mass is 79.9. The second kappa shape index (κ2) is 7.26. The van der Waals surface area contributed by atoms with Crippen LogP contribution in [0.15, 0.2) is 18.2 Å². The summed E-state index contributed by atoms with van der Waals surface area (Å²) in [7, 11) is 3.07. The van der Waals surface area contributed by atoms with Crippen molar-refractivity contribution < 1.29 is 14.3 Å². The summed E-state index contributed by atoms with van der Waals surface area (Å²) in [5.74, 6) is 0.843. The lowest BCUT2D eigenvalue weighted by molar-refractivity contribution is 0.0947. The molecule has 0 aliphatic carbocycles. The summed E-state index contributed by atoms with van der Waals surface area (Å²) in [5, 5.41) is 2.85. The van der Waals surface area contributed by atoms with Crippen LogP contribution in [0.25, 0.3) is 0 Å². The van der Waals surface area contributed by atoms with Crippen LogP contribution in [0, 0.1) is 0 Å². The van der Waals surface area contributed by atoms with Gasteiger partial charge in [0.1, 0.15) is 17.1 Å². The smallest absolute Gasteiger partial charge is 0.258 e. The molecule has 5 heteroatoms. The number of methoxy groups -OCH3 is 2. The topological polar surface area (TPSA) is 47.6 Å². The molecule has 1 aromatic carbocycles. The minimum absolute atomic E-state index is 0.183. The molecule has 4 nitrogen and oxygen atoms in total. The highest BCUT2D eigenvalue weighted by molar-refractivity contribution is 9.09. The molecule has 0 spiro atoms. The van der Waals surface area contributed by atoms with Crippen LogP contribution >= 0.6 is 15.9 Å². The van der Waals surface area contributed by atoms with Crippen LogP contribution in [-0.4, -0.2) is 31.5 Å². The van der Waals surface area contributed by atoms with Crippen molar-refractivity contribution in [3.05, 3.63) is 23.8 Å². The number of amides is 1. The third kappa shape index (κ3) is 3.91. The van der Waals surface area contributed by atoms with Crippen LogP contribution in [0.2, 0.25) is 0 Å². The number of hydrogen-bond acceptors (Lipinski definition) is 3. The lowest BCUT2D eigenvalue weighted by atomic mass is 10.1. The molecule has 0 bridgehead atoms. The molecule has 1 amide bonds. The first-order chi connectivity index (χ1) is 8.60. The van der Waals surface area contributed by atoms with Gasteiger partial charge in [-0.15, -0.1) is 0 Å². The number of benzene rings is 1. The predicted molar refractivity (Wildman–Crippen MR) is 74.9 cm³/mol. The number of rotatable bonds is 6. The zero-order chi connectivity index (χ0) is 13.5. The monoisotopic (exact) mass is 315 g/mol. The fourth-order valence-electron chi connectivity index (χ4n) is 1.55. The van der Waals surface area contributed by atoms with Crippen LogP contribution in [0.1, 0.15) is 23.7 Å². The van der Waals surface area contributed by atoms with Gasteiger partial charge in [0.25, 0.3) is 5.91 Å². The van der Waals surface area contributed by atoms with Gasteiger partial charge in [-0.25, -0.2) is 0 Å². The summed E-state index contributed by atoms with van der Waals surface area (Å²) >= 11 is 3.44. The molecule has 0 heterocycles. The van der Waals surface area contributed by atoms with E-state index in [1.165, 1.54) is 14.2 Å². The number of hydrogen-bond donors (Lipinski definition) is 1. The Kier molecular flexibility index (Phi) is 5.98. The number of carbonyl (C=O) groups is 1. The Morgan fingerprint density at radius 1 is 1.33 bits per heavy atom. The Labute approximate surface area is 116 Å². The maximum absolute atomic E-state index is 12.1. The molecule has 0 aromatic heterocycles. The van der Waals surface area contributed by atoms with E-state index in [2.05, 4.69) is 21.2 Å². The predicted octanol–water partition coefficient (Wildman–Crippen LogP) is 2.61. The van der Waals surface area contributed by atoms with Crippen molar-refractivity contribution in [2.24, 2.45) is 0 Å². The molecule has 1 rings (SSSR count). The summed E-state index contributed by atoms with van der Waals surface area (Å²) in [6.07, 6.45) is 0.864. The van der Waals surface area contributed by atoms with Crippen LogP contribution < -0.4 is 14.8 Å². The molecule has 1 atom stereocenters.